The number of thioether (sulfide) groups is 1. The van der Waals surface area contributed by atoms with Gasteiger partial charge in [0.15, 0.2) is 0 Å². The second kappa shape index (κ2) is 9.07. The summed E-state index contributed by atoms with van der Waals surface area (Å²) in [5.41, 5.74) is 0.835. The molecule has 1 amide bonds. The topological polar surface area (TPSA) is 75.6 Å². The van der Waals surface area contributed by atoms with Crippen molar-refractivity contribution in [3.8, 4) is 5.75 Å². The van der Waals surface area contributed by atoms with Crippen molar-refractivity contribution >= 4 is 29.7 Å². The Morgan fingerprint density at radius 1 is 1.38 bits per heavy atom. The minimum Gasteiger partial charge on any atom is -0.497 e. The van der Waals surface area contributed by atoms with Crippen molar-refractivity contribution in [2.45, 2.75) is 12.5 Å². The number of carboxylic acid groups (broad SMARTS) is 1. The highest BCUT2D eigenvalue weighted by molar-refractivity contribution is 7.98. The Hall–Kier alpha value is -1.95. The lowest BCUT2D eigenvalue weighted by atomic mass is 10.2. The summed E-state index contributed by atoms with van der Waals surface area (Å²) in [6, 6.07) is 6.34. The molecule has 1 atom stereocenters. The normalized spacial score (nSPS) is 12.1. The number of benzene rings is 1. The minimum absolute atomic E-state index is 0.401. The largest absolute Gasteiger partial charge is 0.497 e. The summed E-state index contributed by atoms with van der Waals surface area (Å²) in [5.74, 6) is -0.0198. The number of methoxy groups -OCH3 is 1. The van der Waals surface area contributed by atoms with Crippen LogP contribution < -0.4 is 10.1 Å². The fraction of sp³-hybridized carbons (Fsp3) is 0.333. The van der Waals surface area contributed by atoms with Gasteiger partial charge < -0.3 is 15.2 Å². The number of nitrogens with one attached hydrogen (secondary N) is 1. The molecule has 0 unspecified atom stereocenters. The minimum atomic E-state index is -1.02. The predicted molar refractivity (Wildman–Crippen MR) is 84.6 cm³/mol. The third kappa shape index (κ3) is 6.35. The van der Waals surface area contributed by atoms with Crippen molar-refractivity contribution in [3.63, 3.8) is 0 Å². The van der Waals surface area contributed by atoms with E-state index >= 15 is 0 Å². The number of hydrogen-bond donors (Lipinski definition) is 2. The molecule has 0 heterocycles. The number of hydrogen-bond acceptors (Lipinski definition) is 4. The van der Waals surface area contributed by atoms with Crippen molar-refractivity contribution in [1.29, 1.82) is 0 Å². The smallest absolute Gasteiger partial charge is 0.326 e. The molecule has 0 aliphatic heterocycles. The number of rotatable bonds is 8. The van der Waals surface area contributed by atoms with Crippen LogP contribution in [0.3, 0.4) is 0 Å². The van der Waals surface area contributed by atoms with Gasteiger partial charge >= 0.3 is 5.97 Å². The van der Waals surface area contributed by atoms with E-state index in [2.05, 4.69) is 5.32 Å². The SMILES string of the molecule is COc1ccc(C=CC(=O)N[C@@H](CCSC)C(=O)O)cc1. The van der Waals surface area contributed by atoms with Crippen LogP contribution in [0.15, 0.2) is 30.3 Å². The Morgan fingerprint density at radius 2 is 2.05 bits per heavy atom. The van der Waals surface area contributed by atoms with Gasteiger partial charge in [0.25, 0.3) is 0 Å². The molecule has 1 aromatic carbocycles. The molecule has 114 valence electrons. The maximum absolute atomic E-state index is 11.7. The van der Waals surface area contributed by atoms with Crippen LogP contribution in [0.25, 0.3) is 6.08 Å². The summed E-state index contributed by atoms with van der Waals surface area (Å²) in [6.07, 6.45) is 5.25. The van der Waals surface area contributed by atoms with E-state index in [-0.39, 0.29) is 0 Å². The lowest BCUT2D eigenvalue weighted by Crippen LogP contribution is -2.40. The van der Waals surface area contributed by atoms with Crippen LogP contribution in [-0.2, 0) is 9.59 Å². The second-order valence-electron chi connectivity index (χ2n) is 4.29. The summed E-state index contributed by atoms with van der Waals surface area (Å²) < 4.78 is 5.04. The molecule has 0 saturated carbocycles. The summed E-state index contributed by atoms with van der Waals surface area (Å²) in [5, 5.41) is 11.5. The summed E-state index contributed by atoms with van der Waals surface area (Å²) in [7, 11) is 1.58. The maximum atomic E-state index is 11.7. The van der Waals surface area contributed by atoms with Crippen molar-refractivity contribution in [3.05, 3.63) is 35.9 Å². The third-order valence-corrected chi connectivity index (χ3v) is 3.41. The Kier molecular flexibility index (Phi) is 7.39. The van der Waals surface area contributed by atoms with Crippen LogP contribution in [-0.4, -0.2) is 42.1 Å². The van der Waals surface area contributed by atoms with E-state index in [1.807, 2.05) is 18.4 Å². The van der Waals surface area contributed by atoms with Crippen molar-refractivity contribution in [2.75, 3.05) is 19.1 Å². The second-order valence-corrected chi connectivity index (χ2v) is 5.27. The van der Waals surface area contributed by atoms with Crippen LogP contribution >= 0.6 is 11.8 Å². The maximum Gasteiger partial charge on any atom is 0.326 e. The first-order chi connectivity index (χ1) is 10.1. The van der Waals surface area contributed by atoms with Crippen LogP contribution in [0.5, 0.6) is 5.75 Å². The third-order valence-electron chi connectivity index (χ3n) is 2.77. The first-order valence-electron chi connectivity index (χ1n) is 6.41. The van der Waals surface area contributed by atoms with Gasteiger partial charge in [-0.2, -0.15) is 11.8 Å². The van der Waals surface area contributed by atoms with E-state index in [1.54, 1.807) is 37.1 Å². The molecule has 2 N–H and O–H groups in total. The van der Waals surface area contributed by atoms with E-state index in [0.29, 0.717) is 12.2 Å². The molecule has 0 fully saturated rings. The van der Waals surface area contributed by atoms with Crippen molar-refractivity contribution in [2.24, 2.45) is 0 Å². The zero-order valence-electron chi connectivity index (χ0n) is 12.0. The van der Waals surface area contributed by atoms with Gasteiger partial charge in [0.1, 0.15) is 11.8 Å². The zero-order valence-corrected chi connectivity index (χ0v) is 12.9. The van der Waals surface area contributed by atoms with Crippen LogP contribution in [0.1, 0.15) is 12.0 Å². The highest BCUT2D eigenvalue weighted by Gasteiger charge is 2.17. The fourth-order valence-corrected chi connectivity index (χ4v) is 2.07. The molecule has 1 aromatic rings. The molecule has 0 aromatic heterocycles. The van der Waals surface area contributed by atoms with Gasteiger partial charge in [0.2, 0.25) is 5.91 Å². The summed E-state index contributed by atoms with van der Waals surface area (Å²) in [6.45, 7) is 0. The fourth-order valence-electron chi connectivity index (χ4n) is 1.60. The van der Waals surface area contributed by atoms with Gasteiger partial charge in [-0.1, -0.05) is 12.1 Å². The molecule has 0 bridgehead atoms. The van der Waals surface area contributed by atoms with Crippen LogP contribution in [0.4, 0.5) is 0 Å². The Labute approximate surface area is 128 Å². The van der Waals surface area contributed by atoms with Gasteiger partial charge in [0.05, 0.1) is 7.11 Å². The zero-order chi connectivity index (χ0) is 15.7. The molecule has 0 radical (unpaired) electrons. The number of carbonyl (C=O) groups is 2. The summed E-state index contributed by atoms with van der Waals surface area (Å²) in [4.78, 5) is 22.7. The Morgan fingerprint density at radius 3 is 2.57 bits per heavy atom. The van der Waals surface area contributed by atoms with E-state index < -0.39 is 17.9 Å². The van der Waals surface area contributed by atoms with Crippen LogP contribution in [0, 0.1) is 0 Å². The molecule has 0 saturated heterocycles. The van der Waals surface area contributed by atoms with Crippen molar-refractivity contribution in [1.82, 2.24) is 5.32 Å². The standard InChI is InChI=1S/C15H19NO4S/c1-20-12-6-3-11(4-7-12)5-8-14(17)16-13(15(18)19)9-10-21-2/h3-8,13H,9-10H2,1-2H3,(H,16,17)(H,18,19)/t13-/m0/s1. The number of carboxylic acids is 1. The Balaban J connectivity index is 2.57. The first-order valence-corrected chi connectivity index (χ1v) is 7.80. The lowest BCUT2D eigenvalue weighted by Gasteiger charge is -2.12. The summed E-state index contributed by atoms with van der Waals surface area (Å²) >= 11 is 1.54. The van der Waals surface area contributed by atoms with Gasteiger partial charge in [-0.15, -0.1) is 0 Å². The van der Waals surface area contributed by atoms with E-state index in [9.17, 15) is 9.59 Å². The molecule has 5 nitrogen and oxygen atoms in total. The molecule has 0 aliphatic rings. The quantitative estimate of drug-likeness (QED) is 0.719. The van der Waals surface area contributed by atoms with Gasteiger partial charge in [0, 0.05) is 6.08 Å². The number of ether oxygens (including phenoxy) is 1. The highest BCUT2D eigenvalue weighted by Crippen LogP contribution is 2.12. The lowest BCUT2D eigenvalue weighted by molar-refractivity contribution is -0.141. The van der Waals surface area contributed by atoms with Gasteiger partial charge in [-0.25, -0.2) is 4.79 Å². The average molecular weight is 309 g/mol. The molecule has 1 rings (SSSR count). The molecular weight excluding hydrogens is 290 g/mol. The van der Waals surface area contributed by atoms with E-state index in [1.165, 1.54) is 6.08 Å². The first kappa shape index (κ1) is 17.1. The van der Waals surface area contributed by atoms with Gasteiger partial charge in [-0.05, 0) is 42.2 Å². The predicted octanol–water partition coefficient (Wildman–Crippen LogP) is 2.03. The average Bonchev–Trinajstić information content (AvgIpc) is 2.49. The van der Waals surface area contributed by atoms with Crippen molar-refractivity contribution < 1.29 is 19.4 Å². The number of amides is 1. The molecule has 0 spiro atoms. The highest BCUT2D eigenvalue weighted by atomic mass is 32.2. The van der Waals surface area contributed by atoms with E-state index in [4.69, 9.17) is 9.84 Å². The van der Waals surface area contributed by atoms with Crippen LogP contribution in [0.2, 0.25) is 0 Å². The van der Waals surface area contributed by atoms with E-state index in [0.717, 1.165) is 11.3 Å². The van der Waals surface area contributed by atoms with Gasteiger partial charge in [-0.3, -0.25) is 4.79 Å². The number of carbonyl (C=O) groups excluding carboxylic acids is 1. The molecule has 6 heteroatoms. The molecule has 0 aliphatic carbocycles. The Bertz CT molecular complexity index is 499. The number of aliphatic carboxylic acids is 1. The molecular formula is C15H19NO4S. The molecule has 21 heavy (non-hydrogen) atoms. The monoisotopic (exact) mass is 309 g/mol.